The van der Waals surface area contributed by atoms with Gasteiger partial charge in [0.25, 0.3) is 0 Å². The number of halogens is 1. The summed E-state index contributed by atoms with van der Waals surface area (Å²) in [6, 6.07) is 16.1. The van der Waals surface area contributed by atoms with Crippen LogP contribution in [-0.4, -0.2) is 15.0 Å². The summed E-state index contributed by atoms with van der Waals surface area (Å²) in [6.07, 6.45) is 3.30. The lowest BCUT2D eigenvalue weighted by Gasteiger charge is -2.08. The van der Waals surface area contributed by atoms with E-state index >= 15 is 0 Å². The first-order chi connectivity index (χ1) is 12.2. The molecule has 25 heavy (non-hydrogen) atoms. The van der Waals surface area contributed by atoms with Crippen molar-refractivity contribution in [2.45, 2.75) is 6.92 Å². The molecule has 0 radical (unpaired) electrons. The third-order valence-electron chi connectivity index (χ3n) is 3.83. The van der Waals surface area contributed by atoms with E-state index in [0.29, 0.717) is 5.75 Å². The highest BCUT2D eigenvalue weighted by atomic mass is 19.1. The summed E-state index contributed by atoms with van der Waals surface area (Å²) in [4.78, 5) is 13.0. The molecule has 0 aliphatic rings. The van der Waals surface area contributed by atoms with Gasteiger partial charge in [0, 0.05) is 29.0 Å². The van der Waals surface area contributed by atoms with Gasteiger partial charge in [-0.3, -0.25) is 0 Å². The molecular formula is C20H14FN3O. The van der Waals surface area contributed by atoms with Crippen LogP contribution in [0.25, 0.3) is 22.0 Å². The van der Waals surface area contributed by atoms with E-state index in [4.69, 9.17) is 4.74 Å². The molecule has 4 aromatic rings. The summed E-state index contributed by atoms with van der Waals surface area (Å²) < 4.78 is 18.8. The van der Waals surface area contributed by atoms with Crippen LogP contribution < -0.4 is 4.74 Å². The molecule has 0 bridgehead atoms. The third-order valence-corrected chi connectivity index (χ3v) is 3.83. The van der Waals surface area contributed by atoms with E-state index in [2.05, 4.69) is 15.0 Å². The van der Waals surface area contributed by atoms with Crippen molar-refractivity contribution < 1.29 is 9.13 Å². The van der Waals surface area contributed by atoms with Crippen LogP contribution >= 0.6 is 0 Å². The number of benzene rings is 2. The number of aromatic nitrogens is 3. The smallest absolute Gasteiger partial charge is 0.321 e. The number of nitrogens with zero attached hydrogens (tertiary/aromatic N) is 3. The van der Waals surface area contributed by atoms with Crippen LogP contribution in [0.4, 0.5) is 4.39 Å². The minimum absolute atomic E-state index is 0.238. The Morgan fingerprint density at radius 1 is 0.840 bits per heavy atom. The zero-order valence-corrected chi connectivity index (χ0v) is 13.5. The van der Waals surface area contributed by atoms with E-state index in [1.807, 2.05) is 37.3 Å². The summed E-state index contributed by atoms with van der Waals surface area (Å²) in [6.45, 7) is 1.93. The van der Waals surface area contributed by atoms with Crippen LogP contribution in [0.2, 0.25) is 0 Å². The van der Waals surface area contributed by atoms with Crippen LogP contribution in [0, 0.1) is 12.7 Å². The molecule has 0 saturated carbocycles. The zero-order valence-electron chi connectivity index (χ0n) is 13.5. The summed E-state index contributed by atoms with van der Waals surface area (Å²) in [5, 5.41) is 0.992. The Kier molecular flexibility index (Phi) is 3.82. The van der Waals surface area contributed by atoms with E-state index < -0.39 is 0 Å². The van der Waals surface area contributed by atoms with Gasteiger partial charge < -0.3 is 4.74 Å². The van der Waals surface area contributed by atoms with Gasteiger partial charge in [0.15, 0.2) is 5.75 Å². The molecule has 4 nitrogen and oxygen atoms in total. The Morgan fingerprint density at radius 3 is 2.36 bits per heavy atom. The molecule has 4 rings (SSSR count). The Balaban J connectivity index is 1.63. The van der Waals surface area contributed by atoms with Crippen LogP contribution in [-0.2, 0) is 0 Å². The van der Waals surface area contributed by atoms with Crippen LogP contribution in [0.3, 0.4) is 0 Å². The normalized spacial score (nSPS) is 10.8. The Hall–Kier alpha value is -3.34. The van der Waals surface area contributed by atoms with E-state index in [1.54, 1.807) is 24.5 Å². The molecule has 0 fully saturated rings. The average Bonchev–Trinajstić information content (AvgIpc) is 2.64. The topological polar surface area (TPSA) is 47.9 Å². The van der Waals surface area contributed by atoms with E-state index in [9.17, 15) is 4.39 Å². The quantitative estimate of drug-likeness (QED) is 0.534. The maximum atomic E-state index is 13.0. The third kappa shape index (κ3) is 3.17. The van der Waals surface area contributed by atoms with E-state index in [-0.39, 0.29) is 11.8 Å². The van der Waals surface area contributed by atoms with Gasteiger partial charge in [-0.25, -0.2) is 19.3 Å². The van der Waals surface area contributed by atoms with E-state index in [0.717, 1.165) is 27.7 Å². The molecule has 0 amide bonds. The monoisotopic (exact) mass is 331 g/mol. The van der Waals surface area contributed by atoms with Crippen molar-refractivity contribution in [3.63, 3.8) is 0 Å². The predicted octanol–water partition coefficient (Wildman–Crippen LogP) is 4.93. The molecule has 5 heteroatoms. The molecular weight excluding hydrogens is 317 g/mol. The molecule has 0 N–H and O–H groups in total. The van der Waals surface area contributed by atoms with Crippen LogP contribution in [0.15, 0.2) is 67.0 Å². The lowest BCUT2D eigenvalue weighted by atomic mass is 10.1. The number of hydrogen-bond donors (Lipinski definition) is 0. The summed E-state index contributed by atoms with van der Waals surface area (Å²) in [7, 11) is 0. The Labute approximate surface area is 144 Å². The maximum absolute atomic E-state index is 13.0. The first kappa shape index (κ1) is 15.2. The van der Waals surface area contributed by atoms with Gasteiger partial charge in [-0.2, -0.15) is 0 Å². The van der Waals surface area contributed by atoms with Gasteiger partial charge in [0.05, 0.1) is 0 Å². The average molecular weight is 331 g/mol. The second kappa shape index (κ2) is 6.28. The molecule has 0 spiro atoms. The molecule has 2 aromatic carbocycles. The standard InChI is InChI=1S/C20H14FN3O/c1-13-5-6-15-3-2-4-18(19(15)24-13)25-20-22-11-16(12-23-20)14-7-9-17(21)10-8-14/h2-12H,1H3. The van der Waals surface area contributed by atoms with Gasteiger partial charge >= 0.3 is 6.01 Å². The van der Waals surface area contributed by atoms with Crippen molar-refractivity contribution in [2.75, 3.05) is 0 Å². The number of para-hydroxylation sites is 1. The summed E-state index contributed by atoms with van der Waals surface area (Å²) in [5.74, 6) is 0.333. The van der Waals surface area contributed by atoms with Crippen molar-refractivity contribution in [2.24, 2.45) is 0 Å². The molecule has 0 aliphatic carbocycles. The highest BCUT2D eigenvalue weighted by Crippen LogP contribution is 2.27. The number of rotatable bonds is 3. The molecule has 0 atom stereocenters. The molecule has 0 saturated heterocycles. The van der Waals surface area contributed by atoms with E-state index in [1.165, 1.54) is 12.1 Å². The summed E-state index contributed by atoms with van der Waals surface area (Å²) in [5.41, 5.74) is 3.32. The maximum Gasteiger partial charge on any atom is 0.321 e. The Bertz CT molecular complexity index is 1030. The van der Waals surface area contributed by atoms with Crippen LogP contribution in [0.1, 0.15) is 5.69 Å². The van der Waals surface area contributed by atoms with Crippen molar-refractivity contribution in [3.8, 4) is 22.9 Å². The predicted molar refractivity (Wildman–Crippen MR) is 94.0 cm³/mol. The van der Waals surface area contributed by atoms with Crippen molar-refractivity contribution >= 4 is 10.9 Å². The first-order valence-corrected chi connectivity index (χ1v) is 7.81. The second-order valence-corrected chi connectivity index (χ2v) is 5.64. The number of pyridine rings is 1. The fourth-order valence-electron chi connectivity index (χ4n) is 2.56. The minimum Gasteiger partial charge on any atom is -0.422 e. The SMILES string of the molecule is Cc1ccc2cccc(Oc3ncc(-c4ccc(F)cc4)cn3)c2n1. The van der Waals surface area contributed by atoms with Crippen molar-refractivity contribution in [3.05, 3.63) is 78.5 Å². The first-order valence-electron chi connectivity index (χ1n) is 7.81. The van der Waals surface area contributed by atoms with Gasteiger partial charge in [-0.15, -0.1) is 0 Å². The fraction of sp³-hybridized carbons (Fsp3) is 0.0500. The molecule has 0 aliphatic heterocycles. The zero-order chi connectivity index (χ0) is 17.2. The largest absolute Gasteiger partial charge is 0.422 e. The van der Waals surface area contributed by atoms with Gasteiger partial charge in [-0.05, 0) is 36.8 Å². The fourth-order valence-corrected chi connectivity index (χ4v) is 2.56. The van der Waals surface area contributed by atoms with Crippen molar-refractivity contribution in [1.29, 1.82) is 0 Å². The minimum atomic E-state index is -0.275. The number of hydrogen-bond acceptors (Lipinski definition) is 4. The lowest BCUT2D eigenvalue weighted by Crippen LogP contribution is -1.94. The Morgan fingerprint density at radius 2 is 1.60 bits per heavy atom. The van der Waals surface area contributed by atoms with Crippen molar-refractivity contribution in [1.82, 2.24) is 15.0 Å². The van der Waals surface area contributed by atoms with Gasteiger partial charge in [-0.1, -0.05) is 30.3 Å². The summed E-state index contributed by atoms with van der Waals surface area (Å²) >= 11 is 0. The highest BCUT2D eigenvalue weighted by molar-refractivity contribution is 5.84. The molecule has 2 heterocycles. The number of ether oxygens (including phenoxy) is 1. The number of fused-ring (bicyclic) bond motifs is 1. The van der Waals surface area contributed by atoms with Gasteiger partial charge in [0.1, 0.15) is 11.3 Å². The number of aryl methyl sites for hydroxylation is 1. The molecule has 2 aromatic heterocycles. The molecule has 0 unspecified atom stereocenters. The molecule has 122 valence electrons. The highest BCUT2D eigenvalue weighted by Gasteiger charge is 2.08. The van der Waals surface area contributed by atoms with Gasteiger partial charge in [0.2, 0.25) is 0 Å². The van der Waals surface area contributed by atoms with Crippen LogP contribution in [0.5, 0.6) is 11.8 Å². The lowest BCUT2D eigenvalue weighted by molar-refractivity contribution is 0.446. The second-order valence-electron chi connectivity index (χ2n) is 5.64.